The summed E-state index contributed by atoms with van der Waals surface area (Å²) in [6.07, 6.45) is 3.22. The molecule has 0 aromatic heterocycles. The maximum Gasteiger partial charge on any atom is 0.191 e. The Bertz CT molecular complexity index is 646. The van der Waals surface area contributed by atoms with Crippen LogP contribution in [0.15, 0.2) is 23.2 Å². The molecule has 1 aromatic rings. The first-order valence-electron chi connectivity index (χ1n) is 10.6. The molecule has 2 unspecified atom stereocenters. The van der Waals surface area contributed by atoms with Crippen LogP contribution in [0.4, 0.5) is 14.5 Å². The van der Waals surface area contributed by atoms with Crippen LogP contribution in [-0.2, 0) is 0 Å². The summed E-state index contributed by atoms with van der Waals surface area (Å²) < 4.78 is 28.1. The predicted molar refractivity (Wildman–Crippen MR) is 111 cm³/mol. The van der Waals surface area contributed by atoms with Gasteiger partial charge in [-0.2, -0.15) is 0 Å². The van der Waals surface area contributed by atoms with Gasteiger partial charge in [0.05, 0.1) is 0 Å². The number of guanidine groups is 1. The monoisotopic (exact) mass is 393 g/mol. The van der Waals surface area contributed by atoms with Gasteiger partial charge in [0.25, 0.3) is 0 Å². The van der Waals surface area contributed by atoms with Gasteiger partial charge in [-0.1, -0.05) is 13.0 Å². The zero-order valence-electron chi connectivity index (χ0n) is 17.1. The number of halogens is 2. The Kier molecular flexibility index (Phi) is 7.48. The average molecular weight is 394 g/mol. The van der Waals surface area contributed by atoms with Gasteiger partial charge in [0.1, 0.15) is 17.3 Å². The van der Waals surface area contributed by atoms with Crippen molar-refractivity contribution in [2.24, 2.45) is 10.9 Å². The van der Waals surface area contributed by atoms with Gasteiger partial charge in [0, 0.05) is 38.8 Å². The Hall–Kier alpha value is -1.89. The van der Waals surface area contributed by atoms with Crippen LogP contribution in [0.2, 0.25) is 0 Å². The number of likely N-dealkylation sites (tertiary alicyclic amines) is 1. The summed E-state index contributed by atoms with van der Waals surface area (Å²) in [5, 5.41) is 6.76. The fraction of sp³-hybridized carbons (Fsp3) is 0.667. The molecule has 2 aliphatic rings. The number of rotatable bonds is 7. The molecule has 5 nitrogen and oxygen atoms in total. The van der Waals surface area contributed by atoms with Crippen molar-refractivity contribution in [3.8, 4) is 0 Å². The smallest absolute Gasteiger partial charge is 0.191 e. The van der Waals surface area contributed by atoms with E-state index in [1.165, 1.54) is 44.1 Å². The molecule has 28 heavy (non-hydrogen) atoms. The Balaban J connectivity index is 1.55. The topological polar surface area (TPSA) is 42.9 Å². The number of para-hydroxylation sites is 1. The minimum absolute atomic E-state index is 0.0794. The molecule has 7 heteroatoms. The van der Waals surface area contributed by atoms with Crippen molar-refractivity contribution in [2.75, 3.05) is 50.7 Å². The summed E-state index contributed by atoms with van der Waals surface area (Å²) >= 11 is 0. The number of nitrogens with one attached hydrogen (secondary N) is 2. The number of benzene rings is 1. The van der Waals surface area contributed by atoms with Crippen LogP contribution >= 0.6 is 0 Å². The van der Waals surface area contributed by atoms with Crippen molar-refractivity contribution in [3.63, 3.8) is 0 Å². The second-order valence-electron chi connectivity index (χ2n) is 7.82. The third-order valence-electron chi connectivity index (χ3n) is 5.54. The zero-order valence-corrected chi connectivity index (χ0v) is 17.1. The van der Waals surface area contributed by atoms with E-state index in [1.807, 2.05) is 6.92 Å². The average Bonchev–Trinajstić information content (AvgIpc) is 3.30. The van der Waals surface area contributed by atoms with E-state index in [4.69, 9.17) is 4.99 Å². The molecular formula is C21H33F2N5. The molecule has 3 rings (SSSR count). The van der Waals surface area contributed by atoms with Crippen molar-refractivity contribution in [2.45, 2.75) is 39.2 Å². The second kappa shape index (κ2) is 10.0. The maximum atomic E-state index is 14.1. The van der Waals surface area contributed by atoms with Gasteiger partial charge in [-0.25, -0.2) is 8.78 Å². The van der Waals surface area contributed by atoms with E-state index in [2.05, 4.69) is 22.5 Å². The summed E-state index contributed by atoms with van der Waals surface area (Å²) in [6.45, 7) is 10.5. The molecule has 2 aliphatic heterocycles. The third-order valence-corrected chi connectivity index (χ3v) is 5.54. The number of anilines is 1. The number of hydrogen-bond donors (Lipinski definition) is 2. The first-order valence-corrected chi connectivity index (χ1v) is 10.6. The number of nitrogens with zero attached hydrogens (tertiary/aromatic N) is 3. The predicted octanol–water partition coefficient (Wildman–Crippen LogP) is 2.83. The standard InChI is InChI=1S/C21H33F2N5/c1-3-10-27-11-8-16(14-27)13-25-21(24-4-2)26-17-9-12-28(15-17)20-18(22)6-5-7-19(20)23/h5-7,16-17H,3-4,8-15H2,1-2H3,(H2,24,25,26). The molecule has 0 saturated carbocycles. The van der Waals surface area contributed by atoms with Gasteiger partial charge in [-0.3, -0.25) is 4.99 Å². The van der Waals surface area contributed by atoms with Crippen molar-refractivity contribution in [1.82, 2.24) is 15.5 Å². The fourth-order valence-corrected chi connectivity index (χ4v) is 4.19. The van der Waals surface area contributed by atoms with Gasteiger partial charge in [0.15, 0.2) is 5.96 Å². The molecule has 2 atom stereocenters. The van der Waals surface area contributed by atoms with E-state index in [0.717, 1.165) is 32.0 Å². The largest absolute Gasteiger partial charge is 0.365 e. The van der Waals surface area contributed by atoms with E-state index in [0.29, 0.717) is 19.0 Å². The molecule has 0 radical (unpaired) electrons. The lowest BCUT2D eigenvalue weighted by Crippen LogP contribution is -2.45. The molecule has 1 aromatic carbocycles. The van der Waals surface area contributed by atoms with Crippen LogP contribution in [0.5, 0.6) is 0 Å². The Morgan fingerprint density at radius 1 is 1.14 bits per heavy atom. The van der Waals surface area contributed by atoms with Gasteiger partial charge in [-0.05, 0) is 57.3 Å². The third kappa shape index (κ3) is 5.34. The van der Waals surface area contributed by atoms with Crippen LogP contribution in [0.1, 0.15) is 33.1 Å². The highest BCUT2D eigenvalue weighted by Gasteiger charge is 2.27. The molecule has 2 fully saturated rings. The molecule has 0 bridgehead atoms. The lowest BCUT2D eigenvalue weighted by atomic mass is 10.1. The zero-order chi connectivity index (χ0) is 19.9. The summed E-state index contributed by atoms with van der Waals surface area (Å²) in [5.41, 5.74) is 0.0794. The van der Waals surface area contributed by atoms with Crippen LogP contribution in [0.3, 0.4) is 0 Å². The molecule has 0 aliphatic carbocycles. The summed E-state index contributed by atoms with van der Waals surface area (Å²) in [5.74, 6) is 0.407. The van der Waals surface area contributed by atoms with E-state index in [-0.39, 0.29) is 11.7 Å². The second-order valence-corrected chi connectivity index (χ2v) is 7.82. The Labute approximate surface area is 167 Å². The van der Waals surface area contributed by atoms with Crippen molar-refractivity contribution >= 4 is 11.6 Å². The molecule has 0 spiro atoms. The summed E-state index contributed by atoms with van der Waals surface area (Å²) in [6, 6.07) is 4.15. The van der Waals surface area contributed by atoms with Gasteiger partial charge < -0.3 is 20.4 Å². The number of aliphatic imine (C=N–C) groups is 1. The first kappa shape index (κ1) is 20.8. The molecule has 2 heterocycles. The van der Waals surface area contributed by atoms with Gasteiger partial charge in [-0.15, -0.1) is 0 Å². The maximum absolute atomic E-state index is 14.1. The Morgan fingerprint density at radius 2 is 1.93 bits per heavy atom. The molecular weight excluding hydrogens is 360 g/mol. The molecule has 2 N–H and O–H groups in total. The minimum Gasteiger partial charge on any atom is -0.365 e. The van der Waals surface area contributed by atoms with Crippen LogP contribution in [-0.4, -0.2) is 62.7 Å². The summed E-state index contributed by atoms with van der Waals surface area (Å²) in [7, 11) is 0. The fourth-order valence-electron chi connectivity index (χ4n) is 4.19. The highest BCUT2D eigenvalue weighted by molar-refractivity contribution is 5.80. The van der Waals surface area contributed by atoms with E-state index in [9.17, 15) is 8.78 Å². The van der Waals surface area contributed by atoms with Crippen molar-refractivity contribution in [3.05, 3.63) is 29.8 Å². The van der Waals surface area contributed by atoms with E-state index >= 15 is 0 Å². The lowest BCUT2D eigenvalue weighted by molar-refractivity contribution is 0.326. The van der Waals surface area contributed by atoms with Crippen molar-refractivity contribution in [1.29, 1.82) is 0 Å². The molecule has 0 amide bonds. The minimum atomic E-state index is -0.501. The van der Waals surface area contributed by atoms with Crippen LogP contribution < -0.4 is 15.5 Å². The van der Waals surface area contributed by atoms with Crippen molar-refractivity contribution < 1.29 is 8.78 Å². The van der Waals surface area contributed by atoms with Crippen LogP contribution in [0.25, 0.3) is 0 Å². The highest BCUT2D eigenvalue weighted by atomic mass is 19.1. The lowest BCUT2D eigenvalue weighted by Gasteiger charge is -2.21. The first-order chi connectivity index (χ1) is 13.6. The van der Waals surface area contributed by atoms with Gasteiger partial charge >= 0.3 is 0 Å². The molecule has 156 valence electrons. The molecule has 2 saturated heterocycles. The van der Waals surface area contributed by atoms with Gasteiger partial charge in [0.2, 0.25) is 0 Å². The quantitative estimate of drug-likeness (QED) is 0.552. The van der Waals surface area contributed by atoms with E-state index < -0.39 is 11.6 Å². The number of hydrogen-bond acceptors (Lipinski definition) is 3. The normalized spacial score (nSPS) is 23.4. The highest BCUT2D eigenvalue weighted by Crippen LogP contribution is 2.26. The van der Waals surface area contributed by atoms with E-state index in [1.54, 1.807) is 4.90 Å². The summed E-state index contributed by atoms with van der Waals surface area (Å²) in [4.78, 5) is 9.08. The Morgan fingerprint density at radius 3 is 2.64 bits per heavy atom. The SMILES string of the molecule is CCCN1CCC(CN=C(NCC)NC2CCN(c3c(F)cccc3F)C2)C1. The van der Waals surface area contributed by atoms with Crippen LogP contribution in [0, 0.1) is 17.6 Å².